The van der Waals surface area contributed by atoms with Crippen molar-refractivity contribution in [2.24, 2.45) is 0 Å². The Bertz CT molecular complexity index is 473. The number of thioether (sulfide) groups is 1. The van der Waals surface area contributed by atoms with E-state index in [-0.39, 0.29) is 10.7 Å². The number of rotatable bonds is 4. The van der Waals surface area contributed by atoms with Crippen molar-refractivity contribution in [1.29, 1.82) is 0 Å². The molecule has 1 aromatic rings. The average molecular weight is 324 g/mol. The molecule has 116 valence electrons. The maximum absolute atomic E-state index is 12.5. The third-order valence-corrected chi connectivity index (χ3v) is 5.81. The van der Waals surface area contributed by atoms with Gasteiger partial charge in [0.05, 0.1) is 0 Å². The van der Waals surface area contributed by atoms with Gasteiger partial charge in [0.25, 0.3) is 0 Å². The van der Waals surface area contributed by atoms with Crippen LogP contribution in [0.25, 0.3) is 6.08 Å². The minimum absolute atomic E-state index is 0.169. The predicted octanol–water partition coefficient (Wildman–Crippen LogP) is 4.67. The predicted molar refractivity (Wildman–Crippen MR) is 94.9 cm³/mol. The van der Waals surface area contributed by atoms with Gasteiger partial charge in [0.1, 0.15) is 0 Å². The molecule has 0 spiro atoms. The van der Waals surface area contributed by atoms with Crippen LogP contribution in [0.1, 0.15) is 44.9 Å². The topological polar surface area (TPSA) is 20.3 Å². The highest BCUT2D eigenvalue weighted by molar-refractivity contribution is 8.00. The normalized spacial score (nSPS) is 20.1. The van der Waals surface area contributed by atoms with Crippen LogP contribution in [0, 0.1) is 0 Å². The molecular formula is C17H25NOS2. The number of hydrogen-bond acceptors (Lipinski definition) is 3. The van der Waals surface area contributed by atoms with Crippen LogP contribution < -0.4 is 0 Å². The number of carbonyl (C=O) groups is 1. The van der Waals surface area contributed by atoms with Crippen molar-refractivity contribution in [3.8, 4) is 0 Å². The van der Waals surface area contributed by atoms with Gasteiger partial charge in [0.2, 0.25) is 5.91 Å². The fraction of sp³-hybridized carbons (Fsp3) is 0.588. The number of piperidine rings is 1. The molecular weight excluding hydrogens is 298 g/mol. The zero-order valence-electron chi connectivity index (χ0n) is 13.2. The minimum atomic E-state index is 0.169. The van der Waals surface area contributed by atoms with Gasteiger partial charge in [-0.25, -0.2) is 0 Å². The fourth-order valence-corrected chi connectivity index (χ4v) is 4.10. The van der Waals surface area contributed by atoms with Crippen molar-refractivity contribution in [1.82, 2.24) is 4.90 Å². The van der Waals surface area contributed by atoms with Gasteiger partial charge in [-0.1, -0.05) is 26.8 Å². The molecule has 1 aliphatic heterocycles. The van der Waals surface area contributed by atoms with Gasteiger partial charge in [-0.15, -0.1) is 11.3 Å². The summed E-state index contributed by atoms with van der Waals surface area (Å²) in [4.78, 5) is 15.7. The highest BCUT2D eigenvalue weighted by Crippen LogP contribution is 2.28. The van der Waals surface area contributed by atoms with Crippen molar-refractivity contribution >= 4 is 35.1 Å². The van der Waals surface area contributed by atoms with Crippen LogP contribution in [0.3, 0.4) is 0 Å². The second-order valence-corrected chi connectivity index (χ2v) is 9.28. The number of carbonyl (C=O) groups excluding carboxylic acids is 1. The Morgan fingerprint density at radius 3 is 2.95 bits per heavy atom. The lowest BCUT2D eigenvalue weighted by atomic mass is 10.0. The van der Waals surface area contributed by atoms with E-state index < -0.39 is 0 Å². The second kappa shape index (κ2) is 7.50. The Kier molecular flexibility index (Phi) is 5.94. The van der Waals surface area contributed by atoms with Crippen LogP contribution in [0.4, 0.5) is 0 Å². The maximum atomic E-state index is 12.5. The van der Waals surface area contributed by atoms with Gasteiger partial charge in [-0.3, -0.25) is 4.79 Å². The summed E-state index contributed by atoms with van der Waals surface area (Å²) in [7, 11) is 0. The lowest BCUT2D eigenvalue weighted by Gasteiger charge is -2.36. The molecule has 1 fully saturated rings. The summed E-state index contributed by atoms with van der Waals surface area (Å²) in [6, 6.07) is 4.44. The molecule has 0 aliphatic carbocycles. The molecule has 1 unspecified atom stereocenters. The van der Waals surface area contributed by atoms with E-state index >= 15 is 0 Å². The Morgan fingerprint density at radius 2 is 2.29 bits per heavy atom. The smallest absolute Gasteiger partial charge is 0.246 e. The number of thiophene rings is 1. The largest absolute Gasteiger partial charge is 0.335 e. The SMILES string of the molecule is CC(C)(C)SCC1CCCCN1C(=O)C=Cc1cccs1. The van der Waals surface area contributed by atoms with Gasteiger partial charge >= 0.3 is 0 Å². The molecule has 1 saturated heterocycles. The van der Waals surface area contributed by atoms with Gasteiger partial charge in [-0.05, 0) is 36.8 Å². The fourth-order valence-electron chi connectivity index (χ4n) is 2.45. The average Bonchev–Trinajstić information content (AvgIpc) is 2.95. The first-order valence-electron chi connectivity index (χ1n) is 7.62. The molecule has 1 amide bonds. The monoisotopic (exact) mass is 323 g/mol. The van der Waals surface area contributed by atoms with Crippen molar-refractivity contribution < 1.29 is 4.79 Å². The van der Waals surface area contributed by atoms with E-state index in [1.54, 1.807) is 17.4 Å². The van der Waals surface area contributed by atoms with Crippen molar-refractivity contribution in [2.45, 2.75) is 50.8 Å². The summed E-state index contributed by atoms with van der Waals surface area (Å²) in [5, 5.41) is 2.04. The first-order valence-corrected chi connectivity index (χ1v) is 9.48. The van der Waals surface area contributed by atoms with E-state index in [2.05, 4.69) is 25.7 Å². The molecule has 2 rings (SSSR count). The summed E-state index contributed by atoms with van der Waals surface area (Å²) >= 11 is 3.63. The first-order chi connectivity index (χ1) is 9.96. The van der Waals surface area contributed by atoms with Crippen LogP contribution in [0.2, 0.25) is 0 Å². The third-order valence-electron chi connectivity index (χ3n) is 3.55. The highest BCUT2D eigenvalue weighted by atomic mass is 32.2. The van der Waals surface area contributed by atoms with Crippen LogP contribution in [-0.2, 0) is 4.79 Å². The van der Waals surface area contributed by atoms with Crippen LogP contribution >= 0.6 is 23.1 Å². The zero-order chi connectivity index (χ0) is 15.3. The molecule has 1 atom stereocenters. The van der Waals surface area contributed by atoms with Crippen LogP contribution in [0.5, 0.6) is 0 Å². The summed E-state index contributed by atoms with van der Waals surface area (Å²) < 4.78 is 0.263. The molecule has 1 aliphatic rings. The Morgan fingerprint density at radius 1 is 1.48 bits per heavy atom. The van der Waals surface area contributed by atoms with Crippen LogP contribution in [0.15, 0.2) is 23.6 Å². The van der Waals surface area contributed by atoms with Gasteiger partial charge in [-0.2, -0.15) is 11.8 Å². The second-order valence-electron chi connectivity index (χ2n) is 6.45. The molecule has 0 saturated carbocycles. The van der Waals surface area contributed by atoms with E-state index in [9.17, 15) is 4.79 Å². The molecule has 0 radical (unpaired) electrons. The van der Waals surface area contributed by atoms with Crippen molar-refractivity contribution in [2.75, 3.05) is 12.3 Å². The van der Waals surface area contributed by atoms with Gasteiger partial charge in [0, 0.05) is 34.0 Å². The van der Waals surface area contributed by atoms with Gasteiger partial charge < -0.3 is 4.90 Å². The molecule has 21 heavy (non-hydrogen) atoms. The standard InChI is InChI=1S/C17H25NOS2/c1-17(2,3)21-13-14-7-4-5-11-18(14)16(19)10-9-15-8-6-12-20-15/h6,8-10,12,14H,4-5,7,11,13H2,1-3H3. The number of likely N-dealkylation sites (tertiary alicyclic amines) is 1. The van der Waals surface area contributed by atoms with E-state index in [0.717, 1.165) is 30.0 Å². The molecule has 0 N–H and O–H groups in total. The minimum Gasteiger partial charge on any atom is -0.335 e. The number of hydrogen-bond donors (Lipinski definition) is 0. The summed E-state index contributed by atoms with van der Waals surface area (Å²) in [5.74, 6) is 1.21. The number of amides is 1. The third kappa shape index (κ3) is 5.51. The highest BCUT2D eigenvalue weighted by Gasteiger charge is 2.26. The Balaban J connectivity index is 1.95. The zero-order valence-corrected chi connectivity index (χ0v) is 14.8. The van der Waals surface area contributed by atoms with E-state index in [1.165, 1.54) is 6.42 Å². The lowest BCUT2D eigenvalue weighted by molar-refractivity contribution is -0.128. The van der Waals surface area contributed by atoms with Crippen molar-refractivity contribution in [3.63, 3.8) is 0 Å². The summed E-state index contributed by atoms with van der Waals surface area (Å²) in [6.45, 7) is 7.62. The Labute approximate surface area is 136 Å². The van der Waals surface area contributed by atoms with E-state index in [4.69, 9.17) is 0 Å². The first kappa shape index (κ1) is 16.6. The Hall–Kier alpha value is -0.740. The summed E-state index contributed by atoms with van der Waals surface area (Å²) in [6.07, 6.45) is 7.20. The number of nitrogens with zero attached hydrogens (tertiary/aromatic N) is 1. The van der Waals surface area contributed by atoms with Gasteiger partial charge in [0.15, 0.2) is 0 Å². The molecule has 0 aromatic carbocycles. The quantitative estimate of drug-likeness (QED) is 0.750. The van der Waals surface area contributed by atoms with E-state index in [1.807, 2.05) is 35.4 Å². The van der Waals surface area contributed by atoms with Crippen molar-refractivity contribution in [3.05, 3.63) is 28.5 Å². The summed E-state index contributed by atoms with van der Waals surface area (Å²) in [5.41, 5.74) is 0. The molecule has 4 heteroatoms. The maximum Gasteiger partial charge on any atom is 0.246 e. The van der Waals surface area contributed by atoms with E-state index in [0.29, 0.717) is 6.04 Å². The van der Waals surface area contributed by atoms with Crippen LogP contribution in [-0.4, -0.2) is 33.9 Å². The lowest BCUT2D eigenvalue weighted by Crippen LogP contribution is -2.44. The molecule has 2 heterocycles. The molecule has 2 nitrogen and oxygen atoms in total. The molecule has 1 aromatic heterocycles. The molecule has 0 bridgehead atoms.